The van der Waals surface area contributed by atoms with Gasteiger partial charge in [0.2, 0.25) is 0 Å². The SMILES string of the molecule is COc1ccccc1C1C(C(C)C)=CC(C(C)C)=CC1(OC)C(C)C. The van der Waals surface area contributed by atoms with Crippen LogP contribution in [0.25, 0.3) is 0 Å². The van der Waals surface area contributed by atoms with Crippen molar-refractivity contribution in [3.05, 3.63) is 53.1 Å². The standard InChI is InChI=1S/C23H34O2/c1-15(2)18-13-20(16(3)4)22(23(14-18,25-8)17(5)6)19-11-9-10-12-21(19)24-7/h9-17,22H,1-8H3. The van der Waals surface area contributed by atoms with Crippen LogP contribution in [-0.2, 0) is 4.74 Å². The van der Waals surface area contributed by atoms with Crippen LogP contribution in [-0.4, -0.2) is 19.8 Å². The van der Waals surface area contributed by atoms with Crippen molar-refractivity contribution in [1.82, 2.24) is 0 Å². The molecule has 2 rings (SSSR count). The lowest BCUT2D eigenvalue weighted by Crippen LogP contribution is -2.45. The number of benzene rings is 1. The predicted molar refractivity (Wildman–Crippen MR) is 106 cm³/mol. The maximum atomic E-state index is 6.29. The van der Waals surface area contributed by atoms with Crippen molar-refractivity contribution in [1.29, 1.82) is 0 Å². The third-order valence-corrected chi connectivity index (χ3v) is 5.55. The highest BCUT2D eigenvalue weighted by atomic mass is 16.5. The fraction of sp³-hybridized carbons (Fsp3) is 0.565. The number of ether oxygens (including phenoxy) is 2. The van der Waals surface area contributed by atoms with E-state index in [1.807, 2.05) is 13.2 Å². The zero-order chi connectivity index (χ0) is 18.8. The van der Waals surface area contributed by atoms with Crippen LogP contribution in [0.15, 0.2) is 47.6 Å². The average Bonchev–Trinajstić information content (AvgIpc) is 2.59. The molecule has 2 atom stereocenters. The fourth-order valence-electron chi connectivity index (χ4n) is 4.00. The van der Waals surface area contributed by atoms with E-state index in [4.69, 9.17) is 9.47 Å². The van der Waals surface area contributed by atoms with Crippen molar-refractivity contribution in [2.45, 2.75) is 53.1 Å². The van der Waals surface area contributed by atoms with E-state index in [1.54, 1.807) is 7.11 Å². The Morgan fingerprint density at radius 2 is 1.56 bits per heavy atom. The van der Waals surface area contributed by atoms with Crippen LogP contribution in [0.3, 0.4) is 0 Å². The van der Waals surface area contributed by atoms with Crippen LogP contribution < -0.4 is 4.74 Å². The average molecular weight is 343 g/mol. The highest BCUT2D eigenvalue weighted by Crippen LogP contribution is 2.51. The Labute approximate surface area is 153 Å². The summed E-state index contributed by atoms with van der Waals surface area (Å²) in [5, 5.41) is 0. The zero-order valence-electron chi connectivity index (χ0n) is 17.1. The lowest BCUT2D eigenvalue weighted by molar-refractivity contribution is -0.0246. The summed E-state index contributed by atoms with van der Waals surface area (Å²) >= 11 is 0. The molecule has 2 heteroatoms. The van der Waals surface area contributed by atoms with Gasteiger partial charge in [0.15, 0.2) is 0 Å². The highest BCUT2D eigenvalue weighted by Gasteiger charge is 2.46. The molecule has 1 aromatic carbocycles. The second-order valence-electron chi connectivity index (χ2n) is 7.99. The van der Waals surface area contributed by atoms with Crippen LogP contribution in [0.1, 0.15) is 53.0 Å². The smallest absolute Gasteiger partial charge is 0.122 e. The Kier molecular flexibility index (Phi) is 6.16. The molecule has 0 saturated carbocycles. The molecule has 1 aromatic rings. The Balaban J connectivity index is 2.77. The van der Waals surface area contributed by atoms with Crippen LogP contribution >= 0.6 is 0 Å². The maximum Gasteiger partial charge on any atom is 0.122 e. The summed E-state index contributed by atoms with van der Waals surface area (Å²) in [5.41, 5.74) is 3.62. The van der Waals surface area contributed by atoms with Crippen molar-refractivity contribution in [2.24, 2.45) is 17.8 Å². The van der Waals surface area contributed by atoms with Crippen LogP contribution in [0, 0.1) is 17.8 Å². The molecule has 0 aromatic heterocycles. The van der Waals surface area contributed by atoms with Crippen LogP contribution in [0.2, 0.25) is 0 Å². The molecular weight excluding hydrogens is 308 g/mol. The number of para-hydroxylation sites is 1. The van der Waals surface area contributed by atoms with Gasteiger partial charge in [0.1, 0.15) is 5.75 Å². The third-order valence-electron chi connectivity index (χ3n) is 5.55. The summed E-state index contributed by atoms with van der Waals surface area (Å²) in [6, 6.07) is 8.36. The first-order valence-electron chi connectivity index (χ1n) is 9.40. The molecule has 0 amide bonds. The van der Waals surface area contributed by atoms with Gasteiger partial charge >= 0.3 is 0 Å². The van der Waals surface area contributed by atoms with E-state index in [1.165, 1.54) is 16.7 Å². The molecular formula is C23H34O2. The van der Waals surface area contributed by atoms with Crippen molar-refractivity contribution < 1.29 is 9.47 Å². The van der Waals surface area contributed by atoms with Gasteiger partial charge < -0.3 is 9.47 Å². The summed E-state index contributed by atoms with van der Waals surface area (Å²) in [7, 11) is 3.60. The summed E-state index contributed by atoms with van der Waals surface area (Å²) < 4.78 is 12.0. The van der Waals surface area contributed by atoms with Gasteiger partial charge in [-0.15, -0.1) is 0 Å². The summed E-state index contributed by atoms with van der Waals surface area (Å²) in [4.78, 5) is 0. The van der Waals surface area contributed by atoms with Gasteiger partial charge in [-0.1, -0.05) is 71.4 Å². The minimum atomic E-state index is -0.372. The Morgan fingerprint density at radius 1 is 0.920 bits per heavy atom. The lowest BCUT2D eigenvalue weighted by atomic mass is 9.64. The van der Waals surface area contributed by atoms with E-state index in [0.29, 0.717) is 17.8 Å². The van der Waals surface area contributed by atoms with E-state index in [2.05, 4.69) is 71.9 Å². The first-order chi connectivity index (χ1) is 11.8. The monoisotopic (exact) mass is 342 g/mol. The van der Waals surface area contributed by atoms with Crippen LogP contribution in [0.4, 0.5) is 0 Å². The Bertz CT molecular complexity index is 652. The van der Waals surface area contributed by atoms with Crippen LogP contribution in [0.5, 0.6) is 5.75 Å². The molecule has 0 saturated heterocycles. The van der Waals surface area contributed by atoms with E-state index in [-0.39, 0.29) is 11.5 Å². The predicted octanol–water partition coefficient (Wildman–Crippen LogP) is 6.00. The number of hydrogen-bond acceptors (Lipinski definition) is 2. The Hall–Kier alpha value is -1.54. The second kappa shape index (κ2) is 7.78. The molecule has 0 bridgehead atoms. The first kappa shape index (κ1) is 19.8. The number of methoxy groups -OCH3 is 2. The molecule has 0 radical (unpaired) electrons. The van der Waals surface area contributed by atoms with Crippen molar-refractivity contribution in [3.8, 4) is 5.75 Å². The fourth-order valence-corrected chi connectivity index (χ4v) is 4.00. The van der Waals surface area contributed by atoms with E-state index >= 15 is 0 Å². The molecule has 2 nitrogen and oxygen atoms in total. The number of allylic oxidation sites excluding steroid dienone is 2. The molecule has 0 aliphatic heterocycles. The summed E-state index contributed by atoms with van der Waals surface area (Å²) in [6.07, 6.45) is 4.76. The Morgan fingerprint density at radius 3 is 2.04 bits per heavy atom. The van der Waals surface area contributed by atoms with E-state index < -0.39 is 0 Å². The van der Waals surface area contributed by atoms with Gasteiger partial charge in [-0.25, -0.2) is 0 Å². The summed E-state index contributed by atoms with van der Waals surface area (Å²) in [5.74, 6) is 2.33. The quantitative estimate of drug-likeness (QED) is 0.631. The molecule has 0 spiro atoms. The zero-order valence-corrected chi connectivity index (χ0v) is 17.1. The molecule has 138 valence electrons. The van der Waals surface area contributed by atoms with Gasteiger partial charge in [0, 0.05) is 18.6 Å². The molecule has 1 aliphatic carbocycles. The largest absolute Gasteiger partial charge is 0.496 e. The molecule has 2 unspecified atom stereocenters. The lowest BCUT2D eigenvalue weighted by Gasteiger charge is -2.46. The van der Waals surface area contributed by atoms with Gasteiger partial charge in [-0.05, 0) is 35.5 Å². The maximum absolute atomic E-state index is 6.29. The molecule has 1 aliphatic rings. The van der Waals surface area contributed by atoms with Crippen molar-refractivity contribution in [2.75, 3.05) is 14.2 Å². The van der Waals surface area contributed by atoms with E-state index in [0.717, 1.165) is 5.75 Å². The summed E-state index contributed by atoms with van der Waals surface area (Å²) in [6.45, 7) is 13.6. The van der Waals surface area contributed by atoms with Crippen molar-refractivity contribution in [3.63, 3.8) is 0 Å². The number of hydrogen-bond donors (Lipinski definition) is 0. The molecule has 25 heavy (non-hydrogen) atoms. The molecule has 0 heterocycles. The van der Waals surface area contributed by atoms with Gasteiger partial charge in [0.25, 0.3) is 0 Å². The highest BCUT2D eigenvalue weighted by molar-refractivity contribution is 5.50. The minimum absolute atomic E-state index is 0.149. The number of rotatable bonds is 6. The van der Waals surface area contributed by atoms with Crippen molar-refractivity contribution >= 4 is 0 Å². The van der Waals surface area contributed by atoms with Gasteiger partial charge in [-0.3, -0.25) is 0 Å². The topological polar surface area (TPSA) is 18.5 Å². The normalized spacial score (nSPS) is 23.9. The van der Waals surface area contributed by atoms with E-state index in [9.17, 15) is 0 Å². The van der Waals surface area contributed by atoms with Gasteiger partial charge in [0.05, 0.1) is 12.7 Å². The third kappa shape index (κ3) is 3.55. The second-order valence-corrected chi connectivity index (χ2v) is 7.99. The minimum Gasteiger partial charge on any atom is -0.496 e. The molecule has 0 N–H and O–H groups in total. The first-order valence-corrected chi connectivity index (χ1v) is 9.40. The molecule has 0 fully saturated rings. The van der Waals surface area contributed by atoms with Gasteiger partial charge in [-0.2, -0.15) is 0 Å².